The molecule has 12 heavy (non-hydrogen) atoms. The Bertz CT molecular complexity index is 209. The monoisotopic (exact) mass is 169 g/mol. The highest BCUT2D eigenvalue weighted by Crippen LogP contribution is 2.22. The van der Waals surface area contributed by atoms with Crippen LogP contribution in [0.3, 0.4) is 0 Å². The van der Waals surface area contributed by atoms with Crippen LogP contribution < -0.4 is 0 Å². The van der Waals surface area contributed by atoms with Crippen molar-refractivity contribution in [3.8, 4) is 6.07 Å². The number of hydrogen-bond acceptors (Lipinski definition) is 4. The molecule has 1 heterocycles. The van der Waals surface area contributed by atoms with Crippen LogP contribution in [0.2, 0.25) is 0 Å². The van der Waals surface area contributed by atoms with Crippen molar-refractivity contribution in [2.45, 2.75) is 19.4 Å². The first-order valence-corrected chi connectivity index (χ1v) is 3.94. The van der Waals surface area contributed by atoms with E-state index in [-0.39, 0.29) is 24.4 Å². The lowest BCUT2D eigenvalue weighted by molar-refractivity contribution is -0.155. The summed E-state index contributed by atoms with van der Waals surface area (Å²) in [6.07, 6.45) is -0.0412. The molecule has 1 fully saturated rings. The third-order valence-electron chi connectivity index (χ3n) is 1.78. The van der Waals surface area contributed by atoms with Gasteiger partial charge in [0.2, 0.25) is 0 Å². The minimum atomic E-state index is -0.289. The van der Waals surface area contributed by atoms with Crippen LogP contribution in [0.1, 0.15) is 13.3 Å². The van der Waals surface area contributed by atoms with Crippen molar-refractivity contribution < 1.29 is 14.3 Å². The molecule has 0 spiro atoms. The van der Waals surface area contributed by atoms with Gasteiger partial charge in [-0.3, -0.25) is 4.79 Å². The molecule has 1 aliphatic heterocycles. The van der Waals surface area contributed by atoms with Crippen molar-refractivity contribution in [1.82, 2.24) is 0 Å². The van der Waals surface area contributed by atoms with Crippen LogP contribution in [0.5, 0.6) is 0 Å². The Morgan fingerprint density at radius 1 is 1.83 bits per heavy atom. The number of hydrogen-bond donors (Lipinski definition) is 0. The standard InChI is InChI=1S/C8H11NO3/c1-2-11-8(10)3-7-6(4-9)5-12-7/h6-7H,2-3,5H2,1H3. The van der Waals surface area contributed by atoms with Crippen molar-refractivity contribution in [2.75, 3.05) is 13.2 Å². The van der Waals surface area contributed by atoms with Crippen LogP contribution in [0, 0.1) is 17.2 Å². The quantitative estimate of drug-likeness (QED) is 0.576. The van der Waals surface area contributed by atoms with Crippen LogP contribution >= 0.6 is 0 Å². The second-order valence-corrected chi connectivity index (χ2v) is 2.62. The molecule has 0 aromatic carbocycles. The van der Waals surface area contributed by atoms with E-state index in [1.54, 1.807) is 6.92 Å². The topological polar surface area (TPSA) is 59.3 Å². The van der Waals surface area contributed by atoms with E-state index in [1.807, 2.05) is 0 Å². The molecule has 1 rings (SSSR count). The summed E-state index contributed by atoms with van der Waals surface area (Å²) < 4.78 is 9.74. The average Bonchev–Trinajstić information content (AvgIpc) is 2.00. The highest BCUT2D eigenvalue weighted by molar-refractivity contribution is 5.70. The van der Waals surface area contributed by atoms with Gasteiger partial charge in [0.25, 0.3) is 0 Å². The molecule has 0 radical (unpaired) electrons. The van der Waals surface area contributed by atoms with E-state index in [0.29, 0.717) is 13.2 Å². The predicted octanol–water partition coefficient (Wildman–Crippen LogP) is 0.478. The molecule has 0 aliphatic carbocycles. The predicted molar refractivity (Wildman–Crippen MR) is 40.1 cm³/mol. The van der Waals surface area contributed by atoms with Gasteiger partial charge >= 0.3 is 5.97 Å². The summed E-state index contributed by atoms with van der Waals surface area (Å²) in [5.74, 6) is -0.420. The van der Waals surface area contributed by atoms with Crippen LogP contribution in [-0.2, 0) is 14.3 Å². The molecule has 2 unspecified atom stereocenters. The first-order chi connectivity index (χ1) is 5.77. The summed E-state index contributed by atoms with van der Waals surface area (Å²) in [5.41, 5.74) is 0. The van der Waals surface area contributed by atoms with E-state index in [4.69, 9.17) is 14.7 Å². The largest absolute Gasteiger partial charge is 0.466 e. The van der Waals surface area contributed by atoms with E-state index in [9.17, 15) is 4.79 Å². The fourth-order valence-corrected chi connectivity index (χ4v) is 1.03. The van der Waals surface area contributed by atoms with Gasteiger partial charge in [0.05, 0.1) is 37.7 Å². The maximum absolute atomic E-state index is 10.9. The fraction of sp³-hybridized carbons (Fsp3) is 0.750. The summed E-state index contributed by atoms with van der Waals surface area (Å²) in [7, 11) is 0. The number of carbonyl (C=O) groups excluding carboxylic acids is 1. The van der Waals surface area contributed by atoms with Gasteiger partial charge in [-0.1, -0.05) is 0 Å². The van der Waals surface area contributed by atoms with Gasteiger partial charge in [-0.15, -0.1) is 0 Å². The molecular formula is C8H11NO3. The van der Waals surface area contributed by atoms with E-state index < -0.39 is 0 Å². The molecule has 0 bridgehead atoms. The van der Waals surface area contributed by atoms with Gasteiger partial charge < -0.3 is 9.47 Å². The van der Waals surface area contributed by atoms with E-state index in [0.717, 1.165) is 0 Å². The number of rotatable bonds is 3. The number of esters is 1. The number of ether oxygens (including phenoxy) is 2. The fourth-order valence-electron chi connectivity index (χ4n) is 1.03. The molecule has 1 saturated heterocycles. The van der Waals surface area contributed by atoms with Crippen molar-refractivity contribution in [3.63, 3.8) is 0 Å². The molecule has 2 atom stereocenters. The maximum Gasteiger partial charge on any atom is 0.308 e. The zero-order valence-electron chi connectivity index (χ0n) is 6.95. The molecule has 0 N–H and O–H groups in total. The van der Waals surface area contributed by atoms with Crippen molar-refractivity contribution in [1.29, 1.82) is 5.26 Å². The Labute approximate surface area is 71.1 Å². The second-order valence-electron chi connectivity index (χ2n) is 2.62. The molecule has 4 heteroatoms. The number of nitriles is 1. The summed E-state index contributed by atoms with van der Waals surface area (Å²) in [6.45, 7) is 2.57. The lowest BCUT2D eigenvalue weighted by Gasteiger charge is -2.30. The van der Waals surface area contributed by atoms with Gasteiger partial charge in [0, 0.05) is 0 Å². The average molecular weight is 169 g/mol. The zero-order chi connectivity index (χ0) is 8.97. The first-order valence-electron chi connectivity index (χ1n) is 3.94. The molecule has 0 aromatic rings. The Hall–Kier alpha value is -1.08. The Morgan fingerprint density at radius 2 is 2.58 bits per heavy atom. The third kappa shape index (κ3) is 1.95. The summed E-state index contributed by atoms with van der Waals surface area (Å²) >= 11 is 0. The second kappa shape index (κ2) is 4.07. The first kappa shape index (κ1) is 9.01. The molecule has 0 amide bonds. The van der Waals surface area contributed by atoms with Crippen molar-refractivity contribution >= 4 is 5.97 Å². The van der Waals surface area contributed by atoms with Crippen molar-refractivity contribution in [2.24, 2.45) is 5.92 Å². The summed E-state index contributed by atoms with van der Waals surface area (Å²) in [5, 5.41) is 8.52. The summed E-state index contributed by atoms with van der Waals surface area (Å²) in [6, 6.07) is 2.07. The minimum absolute atomic E-state index is 0.130. The van der Waals surface area contributed by atoms with Gasteiger partial charge in [-0.25, -0.2) is 0 Å². The lowest BCUT2D eigenvalue weighted by atomic mass is 9.97. The minimum Gasteiger partial charge on any atom is -0.466 e. The molecule has 0 aromatic heterocycles. The smallest absolute Gasteiger partial charge is 0.308 e. The summed E-state index contributed by atoms with van der Waals surface area (Å²) in [4.78, 5) is 10.9. The van der Waals surface area contributed by atoms with Gasteiger partial charge in [0.15, 0.2) is 0 Å². The normalized spacial score (nSPS) is 27.0. The van der Waals surface area contributed by atoms with Crippen molar-refractivity contribution in [3.05, 3.63) is 0 Å². The maximum atomic E-state index is 10.9. The highest BCUT2D eigenvalue weighted by atomic mass is 16.5. The van der Waals surface area contributed by atoms with Gasteiger partial charge in [0.1, 0.15) is 0 Å². The number of carbonyl (C=O) groups is 1. The van der Waals surface area contributed by atoms with Crippen LogP contribution in [0.25, 0.3) is 0 Å². The molecule has 1 aliphatic rings. The molecule has 0 saturated carbocycles. The van der Waals surface area contributed by atoms with Crippen LogP contribution in [-0.4, -0.2) is 25.3 Å². The zero-order valence-corrected chi connectivity index (χ0v) is 6.95. The van der Waals surface area contributed by atoms with Crippen LogP contribution in [0.4, 0.5) is 0 Å². The van der Waals surface area contributed by atoms with Gasteiger partial charge in [-0.05, 0) is 6.92 Å². The molecule has 66 valence electrons. The highest BCUT2D eigenvalue weighted by Gasteiger charge is 2.34. The Kier molecular flexibility index (Phi) is 3.06. The van der Waals surface area contributed by atoms with Gasteiger partial charge in [-0.2, -0.15) is 5.26 Å². The molecule has 4 nitrogen and oxygen atoms in total. The van der Waals surface area contributed by atoms with E-state index in [2.05, 4.69) is 6.07 Å². The van der Waals surface area contributed by atoms with Crippen LogP contribution in [0.15, 0.2) is 0 Å². The third-order valence-corrected chi connectivity index (χ3v) is 1.78. The molecular weight excluding hydrogens is 158 g/mol. The van der Waals surface area contributed by atoms with E-state index >= 15 is 0 Å². The lowest BCUT2D eigenvalue weighted by Crippen LogP contribution is -2.40. The SMILES string of the molecule is CCOC(=O)CC1OCC1C#N. The number of nitrogens with zero attached hydrogens (tertiary/aromatic N) is 1. The Balaban J connectivity index is 2.23. The van der Waals surface area contributed by atoms with E-state index in [1.165, 1.54) is 0 Å². The Morgan fingerprint density at radius 3 is 3.00 bits per heavy atom.